The van der Waals surface area contributed by atoms with Crippen molar-refractivity contribution in [1.82, 2.24) is 0 Å². The van der Waals surface area contributed by atoms with E-state index in [9.17, 15) is 0 Å². The fourth-order valence-electron chi connectivity index (χ4n) is 1.04. The number of hydrogen-bond acceptors (Lipinski definition) is 1. The highest BCUT2D eigenvalue weighted by atomic mass is 16.3. The molecule has 1 nitrogen and oxygen atoms in total. The zero-order chi connectivity index (χ0) is 6.85. The van der Waals surface area contributed by atoms with Gasteiger partial charge in [0, 0.05) is 6.42 Å². The molecule has 0 unspecified atom stereocenters. The number of rotatable bonds is 1. The second kappa shape index (κ2) is 2.26. The maximum atomic E-state index is 5.36. The molecule has 1 heteroatoms. The van der Waals surface area contributed by atoms with Gasteiger partial charge in [0.15, 0.2) is 0 Å². The van der Waals surface area contributed by atoms with Gasteiger partial charge < -0.3 is 4.42 Å². The van der Waals surface area contributed by atoms with E-state index in [0.717, 1.165) is 17.9 Å². The van der Waals surface area contributed by atoms with Gasteiger partial charge in [0.25, 0.3) is 0 Å². The average Bonchev–Trinajstić information content (AvgIpc) is 2.10. The van der Waals surface area contributed by atoms with Gasteiger partial charge in [-0.05, 0) is 25.5 Å². The summed E-state index contributed by atoms with van der Waals surface area (Å²) in [6, 6.07) is 2.07. The van der Waals surface area contributed by atoms with Crippen LogP contribution in [0.25, 0.3) is 0 Å². The molecule has 0 aromatic carbocycles. The van der Waals surface area contributed by atoms with E-state index in [0.29, 0.717) is 0 Å². The Morgan fingerprint density at radius 2 is 2.11 bits per heavy atom. The first kappa shape index (κ1) is 6.40. The lowest BCUT2D eigenvalue weighted by Gasteiger charge is -1.87. The SMILES string of the molecule is CCc1oc(C)cc1C. The van der Waals surface area contributed by atoms with Crippen molar-refractivity contribution in [3.63, 3.8) is 0 Å². The highest BCUT2D eigenvalue weighted by Crippen LogP contribution is 2.13. The molecule has 0 fully saturated rings. The molecule has 1 heterocycles. The number of furan rings is 1. The largest absolute Gasteiger partial charge is 0.466 e. The van der Waals surface area contributed by atoms with Gasteiger partial charge in [-0.3, -0.25) is 0 Å². The molecule has 0 aliphatic carbocycles. The van der Waals surface area contributed by atoms with E-state index >= 15 is 0 Å². The first-order chi connectivity index (χ1) is 4.24. The van der Waals surface area contributed by atoms with Crippen LogP contribution in [-0.4, -0.2) is 0 Å². The fourth-order valence-corrected chi connectivity index (χ4v) is 1.04. The molecule has 0 aliphatic heterocycles. The van der Waals surface area contributed by atoms with E-state index in [4.69, 9.17) is 4.42 Å². The third-order valence-electron chi connectivity index (χ3n) is 1.46. The third kappa shape index (κ3) is 1.15. The lowest BCUT2D eigenvalue weighted by Crippen LogP contribution is -1.75. The minimum atomic E-state index is 1.000. The van der Waals surface area contributed by atoms with Crippen LogP contribution in [0.3, 0.4) is 0 Å². The van der Waals surface area contributed by atoms with Crippen molar-refractivity contribution in [2.75, 3.05) is 0 Å². The molecule has 0 saturated carbocycles. The van der Waals surface area contributed by atoms with Crippen molar-refractivity contribution < 1.29 is 4.42 Å². The maximum absolute atomic E-state index is 5.36. The van der Waals surface area contributed by atoms with Crippen molar-refractivity contribution >= 4 is 0 Å². The number of hydrogen-bond donors (Lipinski definition) is 0. The average molecular weight is 124 g/mol. The molecule has 0 saturated heterocycles. The Kier molecular flexibility index (Phi) is 1.60. The van der Waals surface area contributed by atoms with Crippen molar-refractivity contribution in [3.05, 3.63) is 23.2 Å². The quantitative estimate of drug-likeness (QED) is 0.560. The Balaban J connectivity index is 3.01. The second-order valence-electron chi connectivity index (χ2n) is 2.32. The molecule has 9 heavy (non-hydrogen) atoms. The van der Waals surface area contributed by atoms with Gasteiger partial charge in [0.05, 0.1) is 0 Å². The van der Waals surface area contributed by atoms with Crippen LogP contribution in [0.4, 0.5) is 0 Å². The van der Waals surface area contributed by atoms with Crippen LogP contribution in [0.2, 0.25) is 0 Å². The monoisotopic (exact) mass is 124 g/mol. The first-order valence-electron chi connectivity index (χ1n) is 3.30. The van der Waals surface area contributed by atoms with Crippen LogP contribution >= 0.6 is 0 Å². The van der Waals surface area contributed by atoms with E-state index in [1.54, 1.807) is 0 Å². The zero-order valence-corrected chi connectivity index (χ0v) is 6.19. The van der Waals surface area contributed by atoms with Crippen LogP contribution < -0.4 is 0 Å². The lowest BCUT2D eigenvalue weighted by atomic mass is 10.2. The summed E-state index contributed by atoms with van der Waals surface area (Å²) >= 11 is 0. The summed E-state index contributed by atoms with van der Waals surface area (Å²) in [4.78, 5) is 0. The second-order valence-corrected chi connectivity index (χ2v) is 2.32. The normalized spacial score (nSPS) is 10.1. The molecular weight excluding hydrogens is 112 g/mol. The third-order valence-corrected chi connectivity index (χ3v) is 1.46. The summed E-state index contributed by atoms with van der Waals surface area (Å²) in [7, 11) is 0. The minimum absolute atomic E-state index is 1.000. The molecule has 0 radical (unpaired) electrons. The Hall–Kier alpha value is -0.720. The Morgan fingerprint density at radius 1 is 1.44 bits per heavy atom. The first-order valence-corrected chi connectivity index (χ1v) is 3.30. The van der Waals surface area contributed by atoms with Crippen molar-refractivity contribution in [3.8, 4) is 0 Å². The highest BCUT2D eigenvalue weighted by Gasteiger charge is 1.99. The molecule has 0 bridgehead atoms. The van der Waals surface area contributed by atoms with Crippen LogP contribution in [0, 0.1) is 13.8 Å². The van der Waals surface area contributed by atoms with Crippen LogP contribution in [-0.2, 0) is 6.42 Å². The molecule has 0 N–H and O–H groups in total. The molecule has 1 aromatic heterocycles. The summed E-state index contributed by atoms with van der Waals surface area (Å²) in [5.41, 5.74) is 1.27. The van der Waals surface area contributed by atoms with E-state index < -0.39 is 0 Å². The van der Waals surface area contributed by atoms with E-state index in [2.05, 4.69) is 19.9 Å². The molecule has 0 amide bonds. The summed E-state index contributed by atoms with van der Waals surface area (Å²) in [5.74, 6) is 2.14. The minimum Gasteiger partial charge on any atom is -0.466 e. The van der Waals surface area contributed by atoms with Crippen LogP contribution in [0.5, 0.6) is 0 Å². The summed E-state index contributed by atoms with van der Waals surface area (Å²) in [6.45, 7) is 6.16. The van der Waals surface area contributed by atoms with Crippen molar-refractivity contribution in [1.29, 1.82) is 0 Å². The molecule has 1 rings (SSSR count). The topological polar surface area (TPSA) is 13.1 Å². The van der Waals surface area contributed by atoms with Gasteiger partial charge >= 0.3 is 0 Å². The molecule has 0 atom stereocenters. The van der Waals surface area contributed by atoms with Crippen molar-refractivity contribution in [2.24, 2.45) is 0 Å². The molecule has 0 spiro atoms. The molecule has 50 valence electrons. The Bertz CT molecular complexity index is 198. The summed E-state index contributed by atoms with van der Waals surface area (Å²) in [5, 5.41) is 0. The van der Waals surface area contributed by atoms with Gasteiger partial charge in [-0.2, -0.15) is 0 Å². The van der Waals surface area contributed by atoms with Gasteiger partial charge in [-0.25, -0.2) is 0 Å². The molecule has 1 aromatic rings. The predicted octanol–water partition coefficient (Wildman–Crippen LogP) is 2.46. The Morgan fingerprint density at radius 3 is 2.33 bits per heavy atom. The van der Waals surface area contributed by atoms with Gasteiger partial charge in [0.1, 0.15) is 11.5 Å². The zero-order valence-electron chi connectivity index (χ0n) is 6.19. The van der Waals surface area contributed by atoms with Crippen LogP contribution in [0.1, 0.15) is 24.0 Å². The number of aryl methyl sites for hydroxylation is 3. The van der Waals surface area contributed by atoms with E-state index in [1.165, 1.54) is 5.56 Å². The summed E-state index contributed by atoms with van der Waals surface area (Å²) in [6.07, 6.45) is 1.000. The molecule has 0 aliphatic rings. The summed E-state index contributed by atoms with van der Waals surface area (Å²) < 4.78 is 5.36. The van der Waals surface area contributed by atoms with Gasteiger partial charge in [0.2, 0.25) is 0 Å². The van der Waals surface area contributed by atoms with Gasteiger partial charge in [-0.15, -0.1) is 0 Å². The van der Waals surface area contributed by atoms with Gasteiger partial charge in [-0.1, -0.05) is 6.92 Å². The predicted molar refractivity (Wildman–Crippen MR) is 37.6 cm³/mol. The van der Waals surface area contributed by atoms with Crippen molar-refractivity contribution in [2.45, 2.75) is 27.2 Å². The maximum Gasteiger partial charge on any atom is 0.106 e. The molecular formula is C8H12O. The van der Waals surface area contributed by atoms with Crippen LogP contribution in [0.15, 0.2) is 10.5 Å². The van der Waals surface area contributed by atoms with E-state index in [1.807, 2.05) is 6.92 Å². The standard InChI is InChI=1S/C8H12O/c1-4-8-6(2)5-7(3)9-8/h5H,4H2,1-3H3. The fraction of sp³-hybridized carbons (Fsp3) is 0.500. The smallest absolute Gasteiger partial charge is 0.106 e. The lowest BCUT2D eigenvalue weighted by molar-refractivity contribution is 0.486. The van der Waals surface area contributed by atoms with E-state index in [-0.39, 0.29) is 0 Å². The highest BCUT2D eigenvalue weighted by molar-refractivity contribution is 5.18. The Labute approximate surface area is 55.7 Å².